The van der Waals surface area contributed by atoms with E-state index >= 15 is 0 Å². The van der Waals surface area contributed by atoms with Gasteiger partial charge < -0.3 is 20.9 Å². The lowest BCUT2D eigenvalue weighted by molar-refractivity contribution is 0.259. The molecule has 1 aromatic carbocycles. The van der Waals surface area contributed by atoms with E-state index in [0.717, 1.165) is 19.5 Å². The number of imidazole rings is 1. The monoisotopic (exact) mass is 287 g/mol. The summed E-state index contributed by atoms with van der Waals surface area (Å²) in [6.07, 6.45) is 6.63. The molecule has 4 N–H and O–H groups in total. The number of nitrogens with one attached hydrogen (secondary N) is 2. The quantitative estimate of drug-likeness (QED) is 0.682. The van der Waals surface area contributed by atoms with Gasteiger partial charge in [-0.25, -0.2) is 9.78 Å². The Morgan fingerprint density at radius 2 is 2.14 bits per heavy atom. The number of aryl methyl sites for hydroxylation is 1. The number of anilines is 1. The van der Waals surface area contributed by atoms with Crippen LogP contribution in [0.15, 0.2) is 43.0 Å². The van der Waals surface area contributed by atoms with Crippen molar-refractivity contribution >= 4 is 11.7 Å². The molecule has 2 rings (SSSR count). The van der Waals surface area contributed by atoms with E-state index < -0.39 is 6.03 Å². The summed E-state index contributed by atoms with van der Waals surface area (Å²) in [5.41, 5.74) is 6.96. The highest BCUT2D eigenvalue weighted by Gasteiger charge is 2.04. The number of carbonyl (C=O) groups is 1. The first-order chi connectivity index (χ1) is 10.1. The van der Waals surface area contributed by atoms with Crippen molar-refractivity contribution in [1.29, 1.82) is 0 Å². The molecule has 0 bridgehead atoms. The van der Waals surface area contributed by atoms with E-state index in [-0.39, 0.29) is 6.04 Å². The zero-order chi connectivity index (χ0) is 15.1. The molecule has 0 aliphatic rings. The first-order valence-corrected chi connectivity index (χ1v) is 7.00. The topological polar surface area (TPSA) is 85.0 Å². The minimum atomic E-state index is -0.548. The van der Waals surface area contributed by atoms with Crippen LogP contribution in [-0.2, 0) is 6.54 Å². The van der Waals surface area contributed by atoms with Crippen molar-refractivity contribution in [3.8, 4) is 0 Å². The second-order valence-electron chi connectivity index (χ2n) is 4.94. The Bertz CT molecular complexity index is 550. The molecule has 0 radical (unpaired) electrons. The summed E-state index contributed by atoms with van der Waals surface area (Å²) in [7, 11) is 0. The van der Waals surface area contributed by atoms with Gasteiger partial charge in [-0.2, -0.15) is 0 Å². The van der Waals surface area contributed by atoms with E-state index in [4.69, 9.17) is 5.73 Å². The molecule has 1 heterocycles. The molecule has 21 heavy (non-hydrogen) atoms. The molecule has 6 nitrogen and oxygen atoms in total. The molecule has 112 valence electrons. The minimum absolute atomic E-state index is 0.260. The van der Waals surface area contributed by atoms with Gasteiger partial charge in [-0.05, 0) is 37.6 Å². The van der Waals surface area contributed by atoms with Crippen LogP contribution in [0.3, 0.4) is 0 Å². The number of primary amides is 1. The van der Waals surface area contributed by atoms with Crippen LogP contribution >= 0.6 is 0 Å². The third-order valence-corrected chi connectivity index (χ3v) is 3.28. The van der Waals surface area contributed by atoms with Crippen LogP contribution in [0.5, 0.6) is 0 Å². The normalized spacial score (nSPS) is 12.0. The number of carbonyl (C=O) groups excluding carboxylic acids is 1. The maximum Gasteiger partial charge on any atom is 0.316 e. The number of rotatable bonds is 7. The fourth-order valence-electron chi connectivity index (χ4n) is 2.11. The number of nitrogens with two attached hydrogens (primary N) is 1. The van der Waals surface area contributed by atoms with E-state index in [1.807, 2.05) is 36.8 Å². The zero-order valence-electron chi connectivity index (χ0n) is 12.1. The lowest BCUT2D eigenvalue weighted by atomic mass is 10.1. The zero-order valence-corrected chi connectivity index (χ0v) is 12.1. The highest BCUT2D eigenvalue weighted by molar-refractivity contribution is 5.87. The summed E-state index contributed by atoms with van der Waals surface area (Å²) in [5, 5.41) is 6.02. The Hall–Kier alpha value is -2.34. The van der Waals surface area contributed by atoms with Gasteiger partial charge in [0.1, 0.15) is 0 Å². The standard InChI is InChI=1S/C15H21N5O/c1-12(18-7-2-9-20-10-8-17-11-20)13-3-5-14(6-4-13)19-15(16)21/h3-6,8,10-12,18H,2,7,9H2,1H3,(H3,16,19,21). The molecular formula is C15H21N5O. The van der Waals surface area contributed by atoms with Gasteiger partial charge in [-0.3, -0.25) is 0 Å². The van der Waals surface area contributed by atoms with Crippen LogP contribution in [0.25, 0.3) is 0 Å². The van der Waals surface area contributed by atoms with Crippen molar-refractivity contribution in [1.82, 2.24) is 14.9 Å². The summed E-state index contributed by atoms with van der Waals surface area (Å²) >= 11 is 0. The molecule has 0 saturated carbocycles. The average molecular weight is 287 g/mol. The first-order valence-electron chi connectivity index (χ1n) is 7.00. The molecule has 2 amide bonds. The van der Waals surface area contributed by atoms with Gasteiger partial charge in [0, 0.05) is 30.7 Å². The number of benzene rings is 1. The highest BCUT2D eigenvalue weighted by atomic mass is 16.2. The van der Waals surface area contributed by atoms with E-state index in [1.54, 1.807) is 6.20 Å². The van der Waals surface area contributed by atoms with Gasteiger partial charge in [0.05, 0.1) is 6.33 Å². The van der Waals surface area contributed by atoms with Crippen LogP contribution < -0.4 is 16.4 Å². The van der Waals surface area contributed by atoms with E-state index in [9.17, 15) is 4.79 Å². The Kier molecular flexibility index (Phi) is 5.34. The van der Waals surface area contributed by atoms with E-state index in [1.165, 1.54) is 5.56 Å². The lowest BCUT2D eigenvalue weighted by Gasteiger charge is -2.15. The Morgan fingerprint density at radius 1 is 1.38 bits per heavy atom. The molecule has 0 aliphatic heterocycles. The van der Waals surface area contributed by atoms with Crippen LogP contribution in [0.2, 0.25) is 0 Å². The SMILES string of the molecule is CC(NCCCn1ccnc1)c1ccc(NC(N)=O)cc1. The summed E-state index contributed by atoms with van der Waals surface area (Å²) in [4.78, 5) is 14.8. The molecule has 2 aromatic rings. The Labute approximate surface area is 124 Å². The summed E-state index contributed by atoms with van der Waals surface area (Å²) in [5.74, 6) is 0. The smallest absolute Gasteiger partial charge is 0.316 e. The van der Waals surface area contributed by atoms with Gasteiger partial charge in [-0.15, -0.1) is 0 Å². The Morgan fingerprint density at radius 3 is 2.76 bits per heavy atom. The maximum absolute atomic E-state index is 10.8. The molecule has 0 fully saturated rings. The van der Waals surface area contributed by atoms with Crippen molar-refractivity contribution in [2.24, 2.45) is 5.73 Å². The number of nitrogens with zero attached hydrogens (tertiary/aromatic N) is 2. The molecule has 0 saturated heterocycles. The predicted molar refractivity (Wildman–Crippen MR) is 82.9 cm³/mol. The van der Waals surface area contributed by atoms with Gasteiger partial charge in [0.2, 0.25) is 0 Å². The molecule has 0 spiro atoms. The second-order valence-corrected chi connectivity index (χ2v) is 4.94. The van der Waals surface area contributed by atoms with Gasteiger partial charge in [0.15, 0.2) is 0 Å². The van der Waals surface area contributed by atoms with Crippen molar-refractivity contribution in [2.75, 3.05) is 11.9 Å². The summed E-state index contributed by atoms with van der Waals surface area (Å²) in [6, 6.07) is 7.38. The van der Waals surface area contributed by atoms with Crippen molar-refractivity contribution in [3.05, 3.63) is 48.5 Å². The molecule has 6 heteroatoms. The predicted octanol–water partition coefficient (Wildman–Crippen LogP) is 2.11. The third kappa shape index (κ3) is 4.92. The number of hydrogen-bond donors (Lipinski definition) is 3. The number of aromatic nitrogens is 2. The largest absolute Gasteiger partial charge is 0.351 e. The van der Waals surface area contributed by atoms with E-state index in [2.05, 4.69) is 27.1 Å². The van der Waals surface area contributed by atoms with Crippen LogP contribution in [0, 0.1) is 0 Å². The van der Waals surface area contributed by atoms with Crippen LogP contribution in [0.1, 0.15) is 24.9 Å². The molecule has 1 unspecified atom stereocenters. The fraction of sp³-hybridized carbons (Fsp3) is 0.333. The van der Waals surface area contributed by atoms with Gasteiger partial charge >= 0.3 is 6.03 Å². The minimum Gasteiger partial charge on any atom is -0.351 e. The van der Waals surface area contributed by atoms with Crippen molar-refractivity contribution in [3.63, 3.8) is 0 Å². The molecule has 1 atom stereocenters. The maximum atomic E-state index is 10.8. The molecule has 0 aliphatic carbocycles. The summed E-state index contributed by atoms with van der Waals surface area (Å²) < 4.78 is 2.07. The van der Waals surface area contributed by atoms with Gasteiger partial charge in [0.25, 0.3) is 0 Å². The van der Waals surface area contributed by atoms with Crippen molar-refractivity contribution < 1.29 is 4.79 Å². The van der Waals surface area contributed by atoms with Crippen LogP contribution in [-0.4, -0.2) is 22.1 Å². The lowest BCUT2D eigenvalue weighted by Crippen LogP contribution is -2.21. The fourth-order valence-corrected chi connectivity index (χ4v) is 2.11. The summed E-state index contributed by atoms with van der Waals surface area (Å²) in [6.45, 7) is 4.01. The van der Waals surface area contributed by atoms with Crippen LogP contribution in [0.4, 0.5) is 10.5 Å². The average Bonchev–Trinajstić information content (AvgIpc) is 2.97. The third-order valence-electron chi connectivity index (χ3n) is 3.28. The number of amides is 2. The van der Waals surface area contributed by atoms with Gasteiger partial charge in [-0.1, -0.05) is 12.1 Å². The second kappa shape index (κ2) is 7.44. The number of urea groups is 1. The molecule has 1 aromatic heterocycles. The van der Waals surface area contributed by atoms with E-state index in [0.29, 0.717) is 5.69 Å². The molecular weight excluding hydrogens is 266 g/mol. The highest BCUT2D eigenvalue weighted by Crippen LogP contribution is 2.15. The van der Waals surface area contributed by atoms with Crippen molar-refractivity contribution in [2.45, 2.75) is 25.9 Å². The number of hydrogen-bond acceptors (Lipinski definition) is 3. The Balaban J connectivity index is 1.74. The first kappa shape index (κ1) is 15.1.